The van der Waals surface area contributed by atoms with E-state index in [-0.39, 0.29) is 6.54 Å². The molecule has 0 amide bonds. The van der Waals surface area contributed by atoms with Gasteiger partial charge in [0.1, 0.15) is 12.4 Å². The van der Waals surface area contributed by atoms with Crippen LogP contribution in [0, 0.1) is 5.21 Å². The molecule has 0 bridgehead atoms. The monoisotopic (exact) mass is 442 g/mol. The maximum Gasteiger partial charge on any atom is 0.182 e. The van der Waals surface area contributed by atoms with Crippen LogP contribution < -0.4 is 4.74 Å². The molecule has 0 N–H and O–H groups in total. The molecule has 6 rings (SSSR count). The van der Waals surface area contributed by atoms with Crippen LogP contribution in [0.2, 0.25) is 0 Å². The summed E-state index contributed by atoms with van der Waals surface area (Å²) in [7, 11) is 0. The molecule has 0 atom stereocenters. The summed E-state index contributed by atoms with van der Waals surface area (Å²) >= 11 is 0. The van der Waals surface area contributed by atoms with E-state index in [4.69, 9.17) is 4.74 Å². The molecule has 0 aliphatic carbocycles. The number of rotatable bonds is 6. The van der Waals surface area contributed by atoms with Crippen LogP contribution in [0.4, 0.5) is 0 Å². The number of hydrogen-bond acceptors (Lipinski definition) is 3. The van der Waals surface area contributed by atoms with Crippen LogP contribution in [0.1, 0.15) is 16.8 Å². The Morgan fingerprint density at radius 1 is 0.735 bits per heavy atom. The van der Waals surface area contributed by atoms with E-state index in [0.29, 0.717) is 12.4 Å². The Morgan fingerprint density at radius 2 is 1.47 bits per heavy atom. The molecule has 5 aromatic carbocycles. The first-order chi connectivity index (χ1) is 16.8. The van der Waals surface area contributed by atoms with E-state index >= 15 is 0 Å². The van der Waals surface area contributed by atoms with Crippen LogP contribution in [0.5, 0.6) is 5.75 Å². The van der Waals surface area contributed by atoms with Crippen LogP contribution >= 0.6 is 0 Å². The van der Waals surface area contributed by atoms with Gasteiger partial charge >= 0.3 is 0 Å². The lowest BCUT2D eigenvalue weighted by Crippen LogP contribution is -2.08. The summed E-state index contributed by atoms with van der Waals surface area (Å²) < 4.78 is 6.96. The zero-order valence-corrected chi connectivity index (χ0v) is 18.5. The molecule has 4 nitrogen and oxygen atoms in total. The van der Waals surface area contributed by atoms with Gasteiger partial charge in [0.15, 0.2) is 12.8 Å². The molecule has 1 aromatic heterocycles. The lowest BCUT2D eigenvalue weighted by atomic mass is 9.92. The maximum absolute atomic E-state index is 13.1. The van der Waals surface area contributed by atoms with Gasteiger partial charge in [0.05, 0.1) is 11.3 Å². The number of hydroxylamine groups is 1. The molecule has 4 heteroatoms. The Balaban J connectivity index is 1.33. The highest BCUT2D eigenvalue weighted by molar-refractivity contribution is 6.25. The fourth-order valence-electron chi connectivity index (χ4n) is 4.65. The van der Waals surface area contributed by atoms with Crippen LogP contribution in [0.15, 0.2) is 103 Å². The van der Waals surface area contributed by atoms with Crippen LogP contribution in [-0.4, -0.2) is 15.9 Å². The second-order valence-corrected chi connectivity index (χ2v) is 8.43. The second kappa shape index (κ2) is 8.49. The normalized spacial score (nSPS) is 12.1. The highest BCUT2D eigenvalue weighted by atomic mass is 16.5. The number of hydrogen-bond donors (Lipinski definition) is 0. The Hall–Kier alpha value is -4.44. The predicted molar refractivity (Wildman–Crippen MR) is 138 cm³/mol. The van der Waals surface area contributed by atoms with Gasteiger partial charge in [-0.3, -0.25) is 4.98 Å². The third kappa shape index (κ3) is 3.69. The topological polar surface area (TPSA) is 48.2 Å². The minimum absolute atomic E-state index is 0.195. The Morgan fingerprint density at radius 3 is 2.29 bits per heavy atom. The fraction of sp³-hybridized carbons (Fsp3) is 0.0667. The van der Waals surface area contributed by atoms with Crippen molar-refractivity contribution in [1.82, 2.24) is 4.98 Å². The number of aromatic nitrogens is 1. The summed E-state index contributed by atoms with van der Waals surface area (Å²) in [4.78, 5) is 4.30. The first-order valence-corrected chi connectivity index (χ1v) is 11.3. The van der Waals surface area contributed by atoms with Gasteiger partial charge in [0, 0.05) is 11.8 Å². The molecular weight excluding hydrogens is 420 g/mol. The molecule has 6 aromatic rings. The third-order valence-corrected chi connectivity index (χ3v) is 6.25. The Labute approximate surface area is 197 Å². The largest absolute Gasteiger partial charge is 0.624 e. The van der Waals surface area contributed by atoms with Crippen LogP contribution in [0.25, 0.3) is 32.3 Å². The molecule has 0 radical (unpaired) electrons. The van der Waals surface area contributed by atoms with Gasteiger partial charge in [-0.15, -0.1) is 0 Å². The third-order valence-electron chi connectivity index (χ3n) is 6.25. The molecule has 164 valence electrons. The van der Waals surface area contributed by atoms with Gasteiger partial charge < -0.3 is 9.94 Å². The molecule has 0 saturated heterocycles. The molecule has 0 aliphatic rings. The molecule has 0 unspecified atom stereocenters. The Bertz CT molecular complexity index is 1630. The van der Waals surface area contributed by atoms with Crippen molar-refractivity contribution in [1.29, 1.82) is 0 Å². The Kier molecular flexibility index (Phi) is 5.04. The highest BCUT2D eigenvalue weighted by Gasteiger charge is 2.12. The summed E-state index contributed by atoms with van der Waals surface area (Å²) in [5.41, 5.74) is 2.59. The van der Waals surface area contributed by atoms with Gasteiger partial charge in [0.25, 0.3) is 0 Å². The standard InChI is InChI=1S/C30H22N2O2/c33-32(19-25-6-1-2-10-28(25)34-20-26-9-3-4-17-31-26)18-24-14-13-23-12-11-21-7-5-8-22-15-16-27(24)30(23)29(21)22/h1-18H,19-20H2/b32-18-. The van der Waals surface area contributed by atoms with Gasteiger partial charge in [0.2, 0.25) is 0 Å². The summed E-state index contributed by atoms with van der Waals surface area (Å²) in [5, 5.41) is 20.2. The van der Waals surface area contributed by atoms with E-state index in [2.05, 4.69) is 53.5 Å². The maximum atomic E-state index is 13.1. The lowest BCUT2D eigenvalue weighted by Gasteiger charge is -2.13. The summed E-state index contributed by atoms with van der Waals surface area (Å²) in [6.45, 7) is 0.551. The van der Waals surface area contributed by atoms with E-state index in [9.17, 15) is 5.21 Å². The SMILES string of the molecule is [O-]/[N+](=C\c1ccc2ccc3cccc4ccc1c2c34)Cc1ccccc1OCc1ccccn1. The lowest BCUT2D eigenvalue weighted by molar-refractivity contribution is -0.469. The molecule has 34 heavy (non-hydrogen) atoms. The number of para-hydroxylation sites is 1. The minimum Gasteiger partial charge on any atom is -0.624 e. The fourth-order valence-corrected chi connectivity index (χ4v) is 4.65. The predicted octanol–water partition coefficient (Wildman–Crippen LogP) is 6.69. The molecule has 1 heterocycles. The number of pyridine rings is 1. The van der Waals surface area contributed by atoms with Crippen molar-refractivity contribution in [2.45, 2.75) is 13.2 Å². The van der Waals surface area contributed by atoms with Crippen molar-refractivity contribution in [2.75, 3.05) is 0 Å². The average Bonchev–Trinajstić information content (AvgIpc) is 2.88. The second-order valence-electron chi connectivity index (χ2n) is 8.43. The molecular formula is C30H22N2O2. The molecule has 0 saturated carbocycles. The van der Waals surface area contributed by atoms with E-state index in [0.717, 1.165) is 26.9 Å². The minimum atomic E-state index is 0.195. The van der Waals surface area contributed by atoms with Crippen molar-refractivity contribution < 1.29 is 9.48 Å². The van der Waals surface area contributed by atoms with Gasteiger partial charge in [-0.2, -0.15) is 0 Å². The van der Waals surface area contributed by atoms with Crippen LogP contribution in [-0.2, 0) is 13.2 Å². The number of ether oxygens (including phenoxy) is 1. The zero-order chi connectivity index (χ0) is 22.9. The van der Waals surface area contributed by atoms with Crippen LogP contribution in [0.3, 0.4) is 0 Å². The van der Waals surface area contributed by atoms with E-state index in [1.54, 1.807) is 12.4 Å². The highest BCUT2D eigenvalue weighted by Crippen LogP contribution is 2.35. The van der Waals surface area contributed by atoms with Crippen molar-refractivity contribution in [3.8, 4) is 5.75 Å². The molecule has 0 aliphatic heterocycles. The zero-order valence-electron chi connectivity index (χ0n) is 18.5. The van der Waals surface area contributed by atoms with Crippen molar-refractivity contribution in [3.05, 3.63) is 125 Å². The molecule has 0 fully saturated rings. The van der Waals surface area contributed by atoms with E-state index in [1.807, 2.05) is 48.5 Å². The number of benzene rings is 5. The van der Waals surface area contributed by atoms with Crippen molar-refractivity contribution >= 4 is 38.5 Å². The van der Waals surface area contributed by atoms with E-state index < -0.39 is 0 Å². The van der Waals surface area contributed by atoms with Gasteiger partial charge in [-0.05, 0) is 62.6 Å². The van der Waals surface area contributed by atoms with E-state index in [1.165, 1.54) is 26.9 Å². The number of nitrogens with zero attached hydrogens (tertiary/aromatic N) is 2. The van der Waals surface area contributed by atoms with Gasteiger partial charge in [-0.25, -0.2) is 4.74 Å². The van der Waals surface area contributed by atoms with Crippen molar-refractivity contribution in [2.24, 2.45) is 0 Å². The first kappa shape index (κ1) is 20.2. The molecule has 0 spiro atoms. The smallest absolute Gasteiger partial charge is 0.182 e. The quantitative estimate of drug-likeness (QED) is 0.0949. The summed E-state index contributed by atoms with van der Waals surface area (Å²) in [6.07, 6.45) is 3.43. The summed E-state index contributed by atoms with van der Waals surface area (Å²) in [6, 6.07) is 32.4. The average molecular weight is 443 g/mol. The first-order valence-electron chi connectivity index (χ1n) is 11.3. The van der Waals surface area contributed by atoms with Crippen molar-refractivity contribution in [3.63, 3.8) is 0 Å². The summed E-state index contributed by atoms with van der Waals surface area (Å²) in [5.74, 6) is 0.692. The van der Waals surface area contributed by atoms with Gasteiger partial charge in [-0.1, -0.05) is 66.7 Å².